The van der Waals surface area contributed by atoms with Crippen LogP contribution in [0.1, 0.15) is 53.9 Å². The molecule has 0 spiro atoms. The predicted octanol–water partition coefficient (Wildman–Crippen LogP) is 7.20. The van der Waals surface area contributed by atoms with Crippen molar-refractivity contribution in [2.45, 2.75) is 32.2 Å². The summed E-state index contributed by atoms with van der Waals surface area (Å²) in [5.41, 5.74) is 4.94. The van der Waals surface area contributed by atoms with E-state index in [1.54, 1.807) is 6.26 Å². The molecule has 0 radical (unpaired) electrons. The van der Waals surface area contributed by atoms with Gasteiger partial charge in [-0.1, -0.05) is 48.5 Å². The number of fused-ring (bicyclic) bond motifs is 2. The fourth-order valence-corrected chi connectivity index (χ4v) is 6.06. The van der Waals surface area contributed by atoms with E-state index in [0.717, 1.165) is 47.2 Å². The number of hydrogen-bond donors (Lipinski definition) is 1. The molecule has 3 atom stereocenters. The molecule has 2 aliphatic rings. The van der Waals surface area contributed by atoms with Crippen molar-refractivity contribution in [2.24, 2.45) is 5.92 Å². The van der Waals surface area contributed by atoms with Crippen LogP contribution in [-0.4, -0.2) is 24.8 Å². The second kappa shape index (κ2) is 10.9. The number of allylic oxidation sites excluding steroid dienone is 1. The highest BCUT2D eigenvalue weighted by Gasteiger charge is 2.45. The number of hydrogen-bond acceptors (Lipinski definition) is 5. The fourth-order valence-electron chi connectivity index (χ4n) is 6.06. The Hall–Kier alpha value is -4.58. The number of furan rings is 1. The average Bonchev–Trinajstić information content (AvgIpc) is 3.49. The van der Waals surface area contributed by atoms with Crippen LogP contribution in [0.5, 0.6) is 0 Å². The summed E-state index contributed by atoms with van der Waals surface area (Å²) in [5, 5.41) is 3.56. The number of nitrogens with zero attached hydrogens (tertiary/aromatic N) is 2. The zero-order chi connectivity index (χ0) is 27.6. The van der Waals surface area contributed by atoms with Crippen LogP contribution in [0.15, 0.2) is 113 Å². The standard InChI is InChI=1S/C34H33N3O3/c1-3-36(4-2)26-18-16-23(17-19-26)33-32-28(21-25(22-30(32)38)31-15-10-20-40-31)35-27-13-8-9-14-29(27)37(33)34(39)24-11-6-5-7-12-24/h5-21,25,32-33,35H,3-4,22H2,1-2H3. The van der Waals surface area contributed by atoms with Crippen molar-refractivity contribution in [2.75, 3.05) is 28.2 Å². The molecule has 1 aliphatic carbocycles. The molecule has 4 aromatic rings. The molecule has 1 aliphatic heterocycles. The molecule has 6 heteroatoms. The molecule has 202 valence electrons. The Labute approximate surface area is 234 Å². The topological polar surface area (TPSA) is 65.8 Å². The molecule has 6 rings (SSSR count). The van der Waals surface area contributed by atoms with Gasteiger partial charge in [0.15, 0.2) is 0 Å². The number of para-hydroxylation sites is 2. The van der Waals surface area contributed by atoms with Crippen LogP contribution < -0.4 is 15.1 Å². The van der Waals surface area contributed by atoms with Crippen LogP contribution in [0.3, 0.4) is 0 Å². The minimum absolute atomic E-state index is 0.0721. The molecule has 2 heterocycles. The van der Waals surface area contributed by atoms with Crippen LogP contribution in [0, 0.1) is 5.92 Å². The van der Waals surface area contributed by atoms with Gasteiger partial charge in [0.1, 0.15) is 11.5 Å². The summed E-state index contributed by atoms with van der Waals surface area (Å²) in [6.07, 6.45) is 4.05. The van der Waals surface area contributed by atoms with Gasteiger partial charge in [-0.05, 0) is 67.9 Å². The monoisotopic (exact) mass is 531 g/mol. The van der Waals surface area contributed by atoms with Crippen molar-refractivity contribution in [3.8, 4) is 0 Å². The Bertz CT molecular complexity index is 1520. The molecule has 0 fully saturated rings. The average molecular weight is 532 g/mol. The number of ketones is 1. The van der Waals surface area contributed by atoms with Crippen LogP contribution in [0.25, 0.3) is 0 Å². The van der Waals surface area contributed by atoms with Gasteiger partial charge in [-0.25, -0.2) is 0 Å². The quantitative estimate of drug-likeness (QED) is 0.285. The van der Waals surface area contributed by atoms with Crippen molar-refractivity contribution in [3.63, 3.8) is 0 Å². The number of nitrogens with one attached hydrogen (secondary N) is 1. The van der Waals surface area contributed by atoms with E-state index in [1.807, 2.05) is 71.6 Å². The largest absolute Gasteiger partial charge is 0.469 e. The Morgan fingerprint density at radius 2 is 1.65 bits per heavy atom. The molecule has 0 saturated heterocycles. The Balaban J connectivity index is 1.54. The molecule has 1 aromatic heterocycles. The van der Waals surface area contributed by atoms with Gasteiger partial charge in [0.2, 0.25) is 0 Å². The number of rotatable bonds is 6. The number of Topliss-reactive ketones (excluding diaryl/α,β-unsaturated/α-hetero) is 1. The summed E-state index contributed by atoms with van der Waals surface area (Å²) < 4.78 is 5.69. The Kier molecular flexibility index (Phi) is 6.99. The van der Waals surface area contributed by atoms with Crippen LogP contribution in [0.4, 0.5) is 17.1 Å². The second-order valence-electron chi connectivity index (χ2n) is 10.3. The molecular weight excluding hydrogens is 498 g/mol. The lowest BCUT2D eigenvalue weighted by Crippen LogP contribution is -2.42. The first-order valence-electron chi connectivity index (χ1n) is 14.0. The Morgan fingerprint density at radius 3 is 2.35 bits per heavy atom. The second-order valence-corrected chi connectivity index (χ2v) is 10.3. The van der Waals surface area contributed by atoms with Gasteiger partial charge in [0, 0.05) is 42.4 Å². The number of benzene rings is 3. The minimum Gasteiger partial charge on any atom is -0.469 e. The molecule has 40 heavy (non-hydrogen) atoms. The third-order valence-electron chi connectivity index (χ3n) is 8.03. The van der Waals surface area contributed by atoms with Gasteiger partial charge >= 0.3 is 0 Å². The van der Waals surface area contributed by atoms with Gasteiger partial charge in [-0.15, -0.1) is 0 Å². The van der Waals surface area contributed by atoms with E-state index in [9.17, 15) is 9.59 Å². The SMILES string of the molecule is CCN(CC)c1ccc(C2C3C(=O)CC(c4ccco4)C=C3Nc3ccccc3N2C(=O)c2ccccc2)cc1. The smallest absolute Gasteiger partial charge is 0.258 e. The predicted molar refractivity (Wildman–Crippen MR) is 159 cm³/mol. The lowest BCUT2D eigenvalue weighted by atomic mass is 9.77. The maximum atomic E-state index is 14.3. The molecule has 1 N–H and O–H groups in total. The van der Waals surface area contributed by atoms with Crippen LogP contribution >= 0.6 is 0 Å². The van der Waals surface area contributed by atoms with Gasteiger partial charge in [-0.2, -0.15) is 0 Å². The highest BCUT2D eigenvalue weighted by molar-refractivity contribution is 6.09. The molecule has 3 aromatic carbocycles. The van der Waals surface area contributed by atoms with E-state index >= 15 is 0 Å². The summed E-state index contributed by atoms with van der Waals surface area (Å²) >= 11 is 0. The summed E-state index contributed by atoms with van der Waals surface area (Å²) in [5.74, 6) is -0.0465. The summed E-state index contributed by atoms with van der Waals surface area (Å²) in [4.78, 5) is 32.6. The minimum atomic E-state index is -0.564. The molecule has 0 bridgehead atoms. The zero-order valence-corrected chi connectivity index (χ0v) is 22.8. The van der Waals surface area contributed by atoms with Crippen LogP contribution in [0.2, 0.25) is 0 Å². The third-order valence-corrected chi connectivity index (χ3v) is 8.03. The van der Waals surface area contributed by atoms with Gasteiger partial charge in [-0.3, -0.25) is 14.5 Å². The third kappa shape index (κ3) is 4.60. The maximum absolute atomic E-state index is 14.3. The lowest BCUT2D eigenvalue weighted by Gasteiger charge is -2.37. The van der Waals surface area contributed by atoms with E-state index in [4.69, 9.17) is 4.42 Å². The fraction of sp³-hybridized carbons (Fsp3) is 0.235. The highest BCUT2D eigenvalue weighted by atomic mass is 16.3. The zero-order valence-electron chi connectivity index (χ0n) is 22.8. The van der Waals surface area contributed by atoms with Gasteiger partial charge in [0.05, 0.1) is 29.6 Å². The Morgan fingerprint density at radius 1 is 0.925 bits per heavy atom. The number of carbonyl (C=O) groups excluding carboxylic acids is 2. The van der Waals surface area contributed by atoms with E-state index in [-0.39, 0.29) is 17.6 Å². The maximum Gasteiger partial charge on any atom is 0.258 e. The van der Waals surface area contributed by atoms with Crippen molar-refractivity contribution in [1.29, 1.82) is 0 Å². The van der Waals surface area contributed by atoms with Crippen molar-refractivity contribution in [1.82, 2.24) is 0 Å². The lowest BCUT2D eigenvalue weighted by molar-refractivity contribution is -0.123. The summed E-state index contributed by atoms with van der Waals surface area (Å²) in [7, 11) is 0. The normalized spacial score (nSPS) is 20.1. The first kappa shape index (κ1) is 25.7. The first-order valence-corrected chi connectivity index (χ1v) is 14.0. The van der Waals surface area contributed by atoms with E-state index in [2.05, 4.69) is 54.4 Å². The van der Waals surface area contributed by atoms with E-state index in [1.165, 1.54) is 0 Å². The molecule has 6 nitrogen and oxygen atoms in total. The summed E-state index contributed by atoms with van der Waals surface area (Å²) in [6.45, 7) is 6.08. The van der Waals surface area contributed by atoms with Gasteiger partial charge in [0.25, 0.3) is 5.91 Å². The van der Waals surface area contributed by atoms with Crippen molar-refractivity contribution >= 4 is 28.8 Å². The number of carbonyl (C=O) groups is 2. The number of amides is 1. The molecule has 0 saturated carbocycles. The molecule has 1 amide bonds. The molecule has 3 unspecified atom stereocenters. The first-order chi connectivity index (χ1) is 19.6. The van der Waals surface area contributed by atoms with Crippen molar-refractivity contribution < 1.29 is 14.0 Å². The highest BCUT2D eigenvalue weighted by Crippen LogP contribution is 2.48. The van der Waals surface area contributed by atoms with Gasteiger partial charge < -0.3 is 14.6 Å². The van der Waals surface area contributed by atoms with Crippen LogP contribution in [-0.2, 0) is 4.79 Å². The van der Waals surface area contributed by atoms with E-state index in [0.29, 0.717) is 12.0 Å². The van der Waals surface area contributed by atoms with E-state index < -0.39 is 12.0 Å². The summed E-state index contributed by atoms with van der Waals surface area (Å²) in [6, 6.07) is 28.7. The van der Waals surface area contributed by atoms with Crippen molar-refractivity contribution in [3.05, 3.63) is 126 Å². The number of anilines is 3. The molecular formula is C34H33N3O3.